The summed E-state index contributed by atoms with van der Waals surface area (Å²) >= 11 is 0. The first-order chi connectivity index (χ1) is 25.0. The van der Waals surface area contributed by atoms with Crippen LogP contribution in [0.15, 0.2) is 82.8 Å². The SMILES string of the molecule is COCc1ccc(C2=NC3(CCCC3)N(C(=O)CNc3cccc(C(F)(F)F)c3)C2=O)cc1.COCc1ccc(C2=NC3(CCCC3)NC2=O)cc1. The van der Waals surface area contributed by atoms with Gasteiger partial charge in [-0.25, -0.2) is 4.90 Å². The number of nitrogens with one attached hydrogen (secondary N) is 2. The summed E-state index contributed by atoms with van der Waals surface area (Å²) in [5.74, 6) is -1.04. The summed E-state index contributed by atoms with van der Waals surface area (Å²) < 4.78 is 49.1. The number of rotatable bonds is 9. The van der Waals surface area contributed by atoms with Crippen LogP contribution in [0.1, 0.15) is 79.2 Å². The third-order valence-electron chi connectivity index (χ3n) is 9.82. The number of hydrogen-bond acceptors (Lipinski definition) is 8. The third-order valence-corrected chi connectivity index (χ3v) is 9.82. The van der Waals surface area contributed by atoms with Gasteiger partial charge in [0.05, 0.1) is 25.3 Å². The van der Waals surface area contributed by atoms with Crippen molar-refractivity contribution in [3.63, 3.8) is 0 Å². The highest BCUT2D eigenvalue weighted by atomic mass is 19.4. The molecule has 2 fully saturated rings. The molecule has 0 saturated heterocycles. The molecule has 0 bridgehead atoms. The number of carbonyl (C=O) groups excluding carboxylic acids is 3. The zero-order chi connectivity index (χ0) is 36.9. The Labute approximate surface area is 300 Å². The van der Waals surface area contributed by atoms with Gasteiger partial charge in [-0.05, 0) is 80.7 Å². The number of benzene rings is 3. The second-order valence-corrected chi connectivity index (χ2v) is 13.5. The van der Waals surface area contributed by atoms with Gasteiger partial charge in [0.2, 0.25) is 0 Å². The Hall–Kier alpha value is -4.88. The Morgan fingerprint density at radius 1 is 0.808 bits per heavy atom. The van der Waals surface area contributed by atoms with E-state index >= 15 is 0 Å². The molecule has 10 nitrogen and oxygen atoms in total. The first-order valence-corrected chi connectivity index (χ1v) is 17.4. The van der Waals surface area contributed by atoms with Gasteiger partial charge < -0.3 is 20.1 Å². The molecule has 2 aliphatic heterocycles. The molecule has 4 aliphatic rings. The minimum Gasteiger partial charge on any atom is -0.380 e. The van der Waals surface area contributed by atoms with E-state index < -0.39 is 29.2 Å². The quantitative estimate of drug-likeness (QED) is 0.264. The Morgan fingerprint density at radius 3 is 1.92 bits per heavy atom. The molecule has 2 heterocycles. The highest BCUT2D eigenvalue weighted by Gasteiger charge is 2.51. The lowest BCUT2D eigenvalue weighted by molar-refractivity contribution is -0.145. The summed E-state index contributed by atoms with van der Waals surface area (Å²) in [7, 11) is 3.27. The smallest absolute Gasteiger partial charge is 0.380 e. The standard InChI is InChI=1S/C24H24F3N3O3.C15H18N2O2/c1-33-15-16-7-9-17(10-8-16)21-22(32)30(23(29-21)11-2-3-12-23)20(31)14-28-19-6-4-5-18(13-19)24(25,26)27;1-19-10-11-4-6-12(7-5-11)13-14(18)17-15(16-13)8-2-3-9-15/h4-10,13,28H,2-3,11-12,14-15H2,1H3;4-7H,2-3,8-10H2,1H3,(H,17,18). The Kier molecular flexibility index (Phi) is 10.9. The third kappa shape index (κ3) is 7.95. The van der Waals surface area contributed by atoms with Crippen LogP contribution in [0.25, 0.3) is 0 Å². The van der Waals surface area contributed by atoms with Gasteiger partial charge in [-0.15, -0.1) is 0 Å². The summed E-state index contributed by atoms with van der Waals surface area (Å²) in [4.78, 5) is 49.1. The number of imide groups is 1. The number of carbonyl (C=O) groups is 3. The minimum absolute atomic E-state index is 0.0404. The van der Waals surface area contributed by atoms with E-state index in [1.165, 1.54) is 17.0 Å². The van der Waals surface area contributed by atoms with Crippen molar-refractivity contribution in [3.05, 3.63) is 101 Å². The monoisotopic (exact) mass is 717 g/mol. The predicted octanol–water partition coefficient (Wildman–Crippen LogP) is 6.41. The van der Waals surface area contributed by atoms with Crippen molar-refractivity contribution in [3.8, 4) is 0 Å². The molecular weight excluding hydrogens is 675 g/mol. The number of alkyl halides is 3. The van der Waals surface area contributed by atoms with Crippen molar-refractivity contribution < 1.29 is 37.0 Å². The average Bonchev–Trinajstić information content (AvgIpc) is 3.93. The molecule has 0 aromatic heterocycles. The molecule has 3 aromatic carbocycles. The van der Waals surface area contributed by atoms with E-state index in [0.717, 1.165) is 67.3 Å². The van der Waals surface area contributed by atoms with Crippen molar-refractivity contribution >= 4 is 34.8 Å². The van der Waals surface area contributed by atoms with E-state index in [1.54, 1.807) is 26.4 Å². The van der Waals surface area contributed by atoms with E-state index in [1.807, 2.05) is 36.4 Å². The molecule has 0 atom stereocenters. The Morgan fingerprint density at radius 2 is 1.37 bits per heavy atom. The first-order valence-electron chi connectivity index (χ1n) is 17.4. The normalized spacial score (nSPS) is 18.7. The summed E-state index contributed by atoms with van der Waals surface area (Å²) in [6, 6.07) is 19.7. The fraction of sp³-hybridized carbons (Fsp3) is 0.410. The highest BCUT2D eigenvalue weighted by molar-refractivity contribution is 6.49. The lowest BCUT2D eigenvalue weighted by atomic mass is 10.1. The molecule has 2 aliphatic carbocycles. The van der Waals surface area contributed by atoms with E-state index in [4.69, 9.17) is 14.5 Å². The van der Waals surface area contributed by atoms with Crippen molar-refractivity contribution in [1.82, 2.24) is 10.2 Å². The fourth-order valence-corrected chi connectivity index (χ4v) is 7.28. The van der Waals surface area contributed by atoms with Gasteiger partial charge in [-0.2, -0.15) is 13.2 Å². The number of hydrogen-bond donors (Lipinski definition) is 2. The maximum Gasteiger partial charge on any atom is 0.416 e. The molecule has 2 saturated carbocycles. The van der Waals surface area contributed by atoms with Crippen LogP contribution in [0.5, 0.6) is 0 Å². The summed E-state index contributed by atoms with van der Waals surface area (Å²) in [6.07, 6.45) is 2.53. The van der Waals surface area contributed by atoms with Gasteiger partial charge in [-0.3, -0.25) is 24.4 Å². The van der Waals surface area contributed by atoms with Crippen LogP contribution >= 0.6 is 0 Å². The number of amides is 3. The number of anilines is 1. The van der Waals surface area contributed by atoms with E-state index in [0.29, 0.717) is 37.3 Å². The molecule has 0 radical (unpaired) electrons. The lowest BCUT2D eigenvalue weighted by Crippen LogP contribution is -2.50. The molecule has 0 unspecified atom stereocenters. The lowest BCUT2D eigenvalue weighted by Gasteiger charge is -2.31. The Bertz CT molecular complexity index is 1840. The van der Waals surface area contributed by atoms with Crippen LogP contribution in [0.4, 0.5) is 18.9 Å². The molecule has 13 heteroatoms. The number of ether oxygens (including phenoxy) is 2. The largest absolute Gasteiger partial charge is 0.416 e. The van der Waals surface area contributed by atoms with Gasteiger partial charge >= 0.3 is 6.18 Å². The zero-order valence-corrected chi connectivity index (χ0v) is 29.2. The summed E-state index contributed by atoms with van der Waals surface area (Å²) in [5.41, 5.74) is 2.46. The van der Waals surface area contributed by atoms with Crippen LogP contribution < -0.4 is 10.6 Å². The summed E-state index contributed by atoms with van der Waals surface area (Å²) in [5, 5.41) is 5.78. The molecule has 7 rings (SSSR count). The second-order valence-electron chi connectivity index (χ2n) is 13.5. The molecule has 52 heavy (non-hydrogen) atoms. The second kappa shape index (κ2) is 15.4. The molecular formula is C39H42F3N5O5. The molecule has 2 spiro atoms. The number of nitrogens with zero attached hydrogens (tertiary/aromatic N) is 3. The van der Waals surface area contributed by atoms with Gasteiger partial charge in [0.1, 0.15) is 22.7 Å². The van der Waals surface area contributed by atoms with E-state index in [2.05, 4.69) is 15.6 Å². The van der Waals surface area contributed by atoms with Crippen LogP contribution in [-0.2, 0) is 43.2 Å². The van der Waals surface area contributed by atoms with E-state index in [-0.39, 0.29) is 29.5 Å². The highest BCUT2D eigenvalue weighted by Crippen LogP contribution is 2.41. The average molecular weight is 718 g/mol. The Balaban J connectivity index is 0.000000206. The zero-order valence-electron chi connectivity index (χ0n) is 29.2. The van der Waals surface area contributed by atoms with Crippen LogP contribution in [0.2, 0.25) is 0 Å². The molecule has 3 aromatic rings. The van der Waals surface area contributed by atoms with Gasteiger partial charge in [-0.1, -0.05) is 54.6 Å². The first kappa shape index (κ1) is 36.9. The van der Waals surface area contributed by atoms with Crippen molar-refractivity contribution in [2.75, 3.05) is 26.1 Å². The molecule has 274 valence electrons. The van der Waals surface area contributed by atoms with Gasteiger partial charge in [0.15, 0.2) is 0 Å². The number of halogens is 3. The van der Waals surface area contributed by atoms with Crippen molar-refractivity contribution in [1.29, 1.82) is 0 Å². The topological polar surface area (TPSA) is 122 Å². The molecule has 3 amide bonds. The van der Waals surface area contributed by atoms with E-state index in [9.17, 15) is 27.6 Å². The summed E-state index contributed by atoms with van der Waals surface area (Å²) in [6.45, 7) is 0.712. The minimum atomic E-state index is -4.48. The van der Waals surface area contributed by atoms with Crippen molar-refractivity contribution in [2.24, 2.45) is 9.98 Å². The van der Waals surface area contributed by atoms with Crippen LogP contribution in [0, 0.1) is 0 Å². The fourth-order valence-electron chi connectivity index (χ4n) is 7.28. The maximum atomic E-state index is 13.3. The van der Waals surface area contributed by atoms with Gasteiger partial charge in [0, 0.05) is 31.0 Å². The molecule has 2 N–H and O–H groups in total. The maximum absolute atomic E-state index is 13.3. The van der Waals surface area contributed by atoms with Gasteiger partial charge in [0.25, 0.3) is 17.7 Å². The predicted molar refractivity (Wildman–Crippen MR) is 190 cm³/mol. The van der Waals surface area contributed by atoms with Crippen LogP contribution in [-0.4, -0.2) is 66.1 Å². The number of methoxy groups -OCH3 is 2. The van der Waals surface area contributed by atoms with Crippen LogP contribution in [0.3, 0.4) is 0 Å². The van der Waals surface area contributed by atoms with Crippen molar-refractivity contribution in [2.45, 2.75) is 82.1 Å². The number of aliphatic imine (C=N–C) groups is 2.